The zero-order chi connectivity index (χ0) is 39.2. The van der Waals surface area contributed by atoms with Crippen LogP contribution in [0.1, 0.15) is 158 Å². The molecule has 1 aromatic heterocycles. The fraction of sp³-hybridized carbons (Fsp3) is 0.732. The van der Waals surface area contributed by atoms with Gasteiger partial charge in [0, 0.05) is 38.6 Å². The molecule has 0 aliphatic rings. The van der Waals surface area contributed by atoms with Crippen LogP contribution in [0.3, 0.4) is 0 Å². The second-order valence-electron chi connectivity index (χ2n) is 13.8. The van der Waals surface area contributed by atoms with Crippen molar-refractivity contribution in [2.75, 3.05) is 26.4 Å². The first-order valence-corrected chi connectivity index (χ1v) is 21.6. The van der Waals surface area contributed by atoms with E-state index in [1.54, 1.807) is 6.08 Å². The number of allylic oxidation sites excluding steroid dienone is 4. The van der Waals surface area contributed by atoms with Crippen LogP contribution in [0, 0.1) is 13.8 Å². The fourth-order valence-corrected chi connectivity index (χ4v) is 6.49. The molecule has 0 amide bonds. The smallest absolute Gasteiger partial charge is 0.466 e. The summed E-state index contributed by atoms with van der Waals surface area (Å²) in [6.45, 7) is 7.65. The molecule has 304 valence electrons. The lowest BCUT2D eigenvalue weighted by atomic mass is 10.0. The monoisotopic (exact) mass is 767 g/mol. The van der Waals surface area contributed by atoms with E-state index < -0.39 is 32.5 Å². The van der Waals surface area contributed by atoms with E-state index in [-0.39, 0.29) is 38.4 Å². The zero-order valence-electron chi connectivity index (χ0n) is 33.2. The number of rotatable bonds is 34. The Labute approximate surface area is 319 Å². The van der Waals surface area contributed by atoms with E-state index in [0.717, 1.165) is 114 Å². The summed E-state index contributed by atoms with van der Waals surface area (Å²) in [5.74, 6) is 1.46. The van der Waals surface area contributed by atoms with Crippen molar-refractivity contribution in [3.63, 3.8) is 0 Å². The van der Waals surface area contributed by atoms with Gasteiger partial charge in [0.05, 0.1) is 13.2 Å². The van der Waals surface area contributed by atoms with Gasteiger partial charge >= 0.3 is 19.8 Å². The largest absolute Gasteiger partial charge is 0.472 e. The van der Waals surface area contributed by atoms with Crippen molar-refractivity contribution in [1.29, 1.82) is 0 Å². The summed E-state index contributed by atoms with van der Waals surface area (Å²) in [6, 6.07) is 0. The van der Waals surface area contributed by atoms with E-state index in [9.17, 15) is 23.8 Å². The zero-order valence-corrected chi connectivity index (χ0v) is 34.1. The Morgan fingerprint density at radius 3 is 2.00 bits per heavy atom. The highest BCUT2D eigenvalue weighted by Crippen LogP contribution is 2.43. The molecular weight excluding hydrogens is 697 g/mol. The van der Waals surface area contributed by atoms with Crippen molar-refractivity contribution in [1.82, 2.24) is 0 Å². The summed E-state index contributed by atoms with van der Waals surface area (Å²) >= 11 is 0. The Bertz CT molecular complexity index is 1260. The predicted molar refractivity (Wildman–Crippen MR) is 210 cm³/mol. The standard InChI is InChI=1S/C41H70NO10P/c1-5-7-19-25-36(43)26-20-15-11-9-8-10-12-17-22-28-40(44)48-32-37(33-50-53(46,47)49-31-30-42)51-41(45)29-23-18-14-13-16-21-27-39-35(4)34(3)38(52-39)24-6-2/h11,15,20,26,37H,5-10,12-14,16-19,21-25,27-33,42H2,1-4H3,(H,46,47)/b15-11-,26-20+/t37-/m1/s1. The van der Waals surface area contributed by atoms with Gasteiger partial charge < -0.3 is 24.5 Å². The van der Waals surface area contributed by atoms with E-state index in [1.807, 2.05) is 12.2 Å². The average molecular weight is 768 g/mol. The van der Waals surface area contributed by atoms with E-state index in [1.165, 1.54) is 11.1 Å². The van der Waals surface area contributed by atoms with Crippen molar-refractivity contribution >= 4 is 25.5 Å². The highest BCUT2D eigenvalue weighted by Gasteiger charge is 2.26. The highest BCUT2D eigenvalue weighted by molar-refractivity contribution is 7.47. The fourth-order valence-electron chi connectivity index (χ4n) is 5.72. The van der Waals surface area contributed by atoms with E-state index >= 15 is 0 Å². The van der Waals surface area contributed by atoms with Crippen LogP contribution in [-0.4, -0.2) is 55.1 Å². The molecule has 0 aromatic carbocycles. The van der Waals surface area contributed by atoms with Crippen molar-refractivity contribution in [2.45, 2.75) is 169 Å². The quantitative estimate of drug-likeness (QED) is 0.0226. The van der Waals surface area contributed by atoms with Crippen molar-refractivity contribution in [3.8, 4) is 0 Å². The number of ketones is 1. The molecule has 0 saturated carbocycles. The Balaban J connectivity index is 2.32. The predicted octanol–water partition coefficient (Wildman–Crippen LogP) is 9.66. The third kappa shape index (κ3) is 25.2. The van der Waals surface area contributed by atoms with E-state index in [4.69, 9.17) is 28.7 Å². The number of phosphoric ester groups is 1. The first kappa shape index (κ1) is 48.5. The van der Waals surface area contributed by atoms with Gasteiger partial charge in [-0.25, -0.2) is 4.57 Å². The van der Waals surface area contributed by atoms with Gasteiger partial charge in [-0.15, -0.1) is 0 Å². The van der Waals surface area contributed by atoms with Crippen LogP contribution in [0.2, 0.25) is 0 Å². The number of hydrogen-bond acceptors (Lipinski definition) is 10. The summed E-state index contributed by atoms with van der Waals surface area (Å²) < 4.78 is 38.8. The lowest BCUT2D eigenvalue weighted by Crippen LogP contribution is -2.29. The lowest BCUT2D eigenvalue weighted by Gasteiger charge is -2.19. The van der Waals surface area contributed by atoms with Crippen LogP contribution in [0.25, 0.3) is 0 Å². The summed E-state index contributed by atoms with van der Waals surface area (Å²) in [6.07, 6.45) is 24.8. The lowest BCUT2D eigenvalue weighted by molar-refractivity contribution is -0.161. The molecule has 1 unspecified atom stereocenters. The minimum Gasteiger partial charge on any atom is -0.466 e. The average Bonchev–Trinajstić information content (AvgIpc) is 3.39. The van der Waals surface area contributed by atoms with Crippen molar-refractivity contribution in [3.05, 3.63) is 47.0 Å². The Morgan fingerprint density at radius 1 is 0.736 bits per heavy atom. The van der Waals surface area contributed by atoms with Gasteiger partial charge in [-0.2, -0.15) is 0 Å². The van der Waals surface area contributed by atoms with Gasteiger partial charge in [-0.3, -0.25) is 23.4 Å². The molecule has 0 fully saturated rings. The number of nitrogens with two attached hydrogens (primary N) is 1. The molecule has 53 heavy (non-hydrogen) atoms. The molecule has 0 spiro atoms. The molecule has 0 bridgehead atoms. The Hall–Kier alpha value is -2.56. The second-order valence-corrected chi connectivity index (χ2v) is 15.2. The number of unbranched alkanes of at least 4 members (excludes halogenated alkanes) is 12. The summed E-state index contributed by atoms with van der Waals surface area (Å²) in [7, 11) is -4.41. The second kappa shape index (κ2) is 30.7. The first-order chi connectivity index (χ1) is 25.5. The van der Waals surface area contributed by atoms with Crippen LogP contribution in [-0.2, 0) is 50.3 Å². The maximum Gasteiger partial charge on any atom is 0.472 e. The van der Waals surface area contributed by atoms with Gasteiger partial charge in [0.15, 0.2) is 11.9 Å². The van der Waals surface area contributed by atoms with E-state index in [0.29, 0.717) is 19.3 Å². The maximum atomic E-state index is 12.6. The molecular formula is C41H70NO10P. The number of ether oxygens (including phenoxy) is 2. The Morgan fingerprint density at radius 2 is 1.34 bits per heavy atom. The molecule has 0 aliphatic heterocycles. The molecule has 12 heteroatoms. The molecule has 1 rings (SSSR count). The van der Waals surface area contributed by atoms with E-state index in [2.05, 4.69) is 33.8 Å². The number of carbonyl (C=O) groups is 3. The van der Waals surface area contributed by atoms with Gasteiger partial charge in [-0.05, 0) is 76.0 Å². The van der Waals surface area contributed by atoms with Crippen LogP contribution >= 0.6 is 7.82 Å². The third-order valence-electron chi connectivity index (χ3n) is 8.99. The Kier molecular flexibility index (Phi) is 28.1. The number of esters is 2. The molecule has 0 radical (unpaired) electrons. The molecule has 0 saturated heterocycles. The number of furan rings is 1. The molecule has 1 aromatic rings. The molecule has 0 aliphatic carbocycles. The van der Waals surface area contributed by atoms with Crippen LogP contribution in [0.5, 0.6) is 0 Å². The normalized spacial score (nSPS) is 13.5. The molecule has 2 atom stereocenters. The van der Waals surface area contributed by atoms with Gasteiger partial charge in [0.1, 0.15) is 18.1 Å². The molecule has 1 heterocycles. The van der Waals surface area contributed by atoms with Crippen molar-refractivity contribution < 1.29 is 46.8 Å². The van der Waals surface area contributed by atoms with Crippen molar-refractivity contribution in [2.24, 2.45) is 5.73 Å². The summed E-state index contributed by atoms with van der Waals surface area (Å²) in [4.78, 5) is 46.6. The topological polar surface area (TPSA) is 165 Å². The number of carbonyl (C=O) groups excluding carboxylic acids is 3. The number of phosphoric acid groups is 1. The first-order valence-electron chi connectivity index (χ1n) is 20.1. The number of aryl methyl sites for hydroxylation is 2. The van der Waals surface area contributed by atoms with Crippen LogP contribution < -0.4 is 5.73 Å². The molecule has 3 N–H and O–H groups in total. The van der Waals surface area contributed by atoms with Crippen LogP contribution in [0.15, 0.2) is 28.7 Å². The van der Waals surface area contributed by atoms with Gasteiger partial charge in [0.25, 0.3) is 0 Å². The minimum absolute atomic E-state index is 0.0320. The van der Waals surface area contributed by atoms with Crippen LogP contribution in [0.4, 0.5) is 0 Å². The molecule has 11 nitrogen and oxygen atoms in total. The van der Waals surface area contributed by atoms with Gasteiger partial charge in [0.2, 0.25) is 0 Å². The van der Waals surface area contributed by atoms with Gasteiger partial charge in [-0.1, -0.05) is 89.9 Å². The summed E-state index contributed by atoms with van der Waals surface area (Å²) in [5, 5.41) is 0. The minimum atomic E-state index is -4.41. The third-order valence-corrected chi connectivity index (χ3v) is 9.97. The summed E-state index contributed by atoms with van der Waals surface area (Å²) in [5.41, 5.74) is 7.89. The SMILES string of the molecule is CCCCCC(=O)/C=C/C=C\CCCCCCCC(=O)OC[C@H](COP(=O)(O)OCCN)OC(=O)CCCCCCCCc1oc(CCC)c(C)c1C. The highest BCUT2D eigenvalue weighted by atomic mass is 31.2. The maximum absolute atomic E-state index is 12.6. The number of hydrogen-bond donors (Lipinski definition) is 2.